The predicted molar refractivity (Wildman–Crippen MR) is 65.3 cm³/mol. The summed E-state index contributed by atoms with van der Waals surface area (Å²) in [6, 6.07) is 9.91. The van der Waals surface area contributed by atoms with Crippen molar-refractivity contribution in [1.82, 2.24) is 0 Å². The smallest absolute Gasteiger partial charge is 0.135 e. The monoisotopic (exact) mass is 247 g/mol. The normalized spacial score (nSPS) is 10.2. The summed E-state index contributed by atoms with van der Waals surface area (Å²) in [5.41, 5.74) is 0.566. The predicted octanol–water partition coefficient (Wildman–Crippen LogP) is 3.39. The standard InChI is InChI=1S/C14H11F2NO/c1-18-11-4-2-3-9(7-11)14(17)12-6-5-10(15)8-13(12)16/h2-8,17H,1H3. The summed E-state index contributed by atoms with van der Waals surface area (Å²) in [6.07, 6.45) is 0. The Bertz CT molecular complexity index is 596. The molecule has 0 aliphatic rings. The Morgan fingerprint density at radius 1 is 1.11 bits per heavy atom. The highest BCUT2D eigenvalue weighted by molar-refractivity contribution is 6.11. The van der Waals surface area contributed by atoms with Crippen LogP contribution in [0.5, 0.6) is 5.75 Å². The maximum Gasteiger partial charge on any atom is 0.135 e. The average Bonchev–Trinajstić information content (AvgIpc) is 2.38. The lowest BCUT2D eigenvalue weighted by atomic mass is 10.0. The summed E-state index contributed by atoms with van der Waals surface area (Å²) in [7, 11) is 1.52. The van der Waals surface area contributed by atoms with Crippen LogP contribution in [0.4, 0.5) is 8.78 Å². The minimum atomic E-state index is -0.747. The van der Waals surface area contributed by atoms with Crippen LogP contribution < -0.4 is 4.74 Å². The third kappa shape index (κ3) is 2.37. The number of hydrogen-bond donors (Lipinski definition) is 1. The van der Waals surface area contributed by atoms with Gasteiger partial charge in [0, 0.05) is 17.2 Å². The molecule has 0 unspecified atom stereocenters. The molecule has 4 heteroatoms. The first-order valence-electron chi connectivity index (χ1n) is 5.30. The molecule has 1 N–H and O–H groups in total. The Balaban J connectivity index is 2.41. The number of hydrogen-bond acceptors (Lipinski definition) is 2. The molecule has 0 radical (unpaired) electrons. The molecule has 0 heterocycles. The second kappa shape index (κ2) is 4.96. The minimum absolute atomic E-state index is 0.00796. The lowest BCUT2D eigenvalue weighted by Crippen LogP contribution is -2.05. The van der Waals surface area contributed by atoms with Crippen molar-refractivity contribution in [2.75, 3.05) is 7.11 Å². The number of methoxy groups -OCH3 is 1. The maximum absolute atomic E-state index is 13.6. The van der Waals surface area contributed by atoms with Gasteiger partial charge in [0.1, 0.15) is 17.4 Å². The molecule has 18 heavy (non-hydrogen) atoms. The van der Waals surface area contributed by atoms with Crippen molar-refractivity contribution < 1.29 is 13.5 Å². The zero-order valence-corrected chi connectivity index (χ0v) is 9.71. The van der Waals surface area contributed by atoms with Crippen molar-refractivity contribution >= 4 is 5.71 Å². The van der Waals surface area contributed by atoms with E-state index in [9.17, 15) is 8.78 Å². The summed E-state index contributed by atoms with van der Waals surface area (Å²) in [4.78, 5) is 0. The van der Waals surface area contributed by atoms with Gasteiger partial charge in [-0.05, 0) is 24.3 Å². The third-order valence-electron chi connectivity index (χ3n) is 2.56. The van der Waals surface area contributed by atoms with Crippen LogP contribution >= 0.6 is 0 Å². The molecule has 0 aliphatic carbocycles. The zero-order valence-electron chi connectivity index (χ0n) is 9.71. The van der Waals surface area contributed by atoms with Crippen LogP contribution in [0.2, 0.25) is 0 Å². The molecule has 0 spiro atoms. The largest absolute Gasteiger partial charge is 0.497 e. The van der Waals surface area contributed by atoms with E-state index in [0.29, 0.717) is 11.3 Å². The minimum Gasteiger partial charge on any atom is -0.497 e. The van der Waals surface area contributed by atoms with E-state index in [4.69, 9.17) is 10.1 Å². The SMILES string of the molecule is COc1cccc(C(=N)c2ccc(F)cc2F)c1. The van der Waals surface area contributed by atoms with Gasteiger partial charge < -0.3 is 4.74 Å². The molecule has 2 aromatic rings. The molecule has 0 amide bonds. The number of nitrogens with one attached hydrogen (secondary N) is 1. The van der Waals surface area contributed by atoms with Gasteiger partial charge in [-0.25, -0.2) is 8.78 Å². The van der Waals surface area contributed by atoms with E-state index in [1.807, 2.05) is 0 Å². The van der Waals surface area contributed by atoms with Crippen molar-refractivity contribution in [3.8, 4) is 5.75 Å². The molecule has 2 nitrogen and oxygen atoms in total. The van der Waals surface area contributed by atoms with E-state index in [-0.39, 0.29) is 11.3 Å². The molecule has 2 rings (SSSR count). The van der Waals surface area contributed by atoms with E-state index in [1.165, 1.54) is 13.2 Å². The average molecular weight is 247 g/mol. The fourth-order valence-electron chi connectivity index (χ4n) is 1.63. The van der Waals surface area contributed by atoms with E-state index >= 15 is 0 Å². The van der Waals surface area contributed by atoms with Gasteiger partial charge in [-0.15, -0.1) is 0 Å². The fourth-order valence-corrected chi connectivity index (χ4v) is 1.63. The van der Waals surface area contributed by atoms with E-state index in [2.05, 4.69) is 0 Å². The summed E-state index contributed by atoms with van der Waals surface area (Å²) in [5, 5.41) is 7.94. The fraction of sp³-hybridized carbons (Fsp3) is 0.0714. The summed E-state index contributed by atoms with van der Waals surface area (Å²) in [5.74, 6) is -0.822. The van der Waals surface area contributed by atoms with Crippen molar-refractivity contribution in [3.63, 3.8) is 0 Å². The second-order valence-corrected chi connectivity index (χ2v) is 3.73. The first-order chi connectivity index (χ1) is 8.61. The molecule has 0 saturated carbocycles. The number of rotatable bonds is 3. The highest BCUT2D eigenvalue weighted by Gasteiger charge is 2.11. The highest BCUT2D eigenvalue weighted by Crippen LogP contribution is 2.18. The first-order valence-corrected chi connectivity index (χ1v) is 5.30. The van der Waals surface area contributed by atoms with Gasteiger partial charge in [-0.3, -0.25) is 5.41 Å². The molecular weight excluding hydrogens is 236 g/mol. The molecule has 0 bridgehead atoms. The van der Waals surface area contributed by atoms with Gasteiger partial charge in [-0.2, -0.15) is 0 Å². The van der Waals surface area contributed by atoms with Gasteiger partial charge in [0.05, 0.1) is 12.8 Å². The lowest BCUT2D eigenvalue weighted by molar-refractivity contribution is 0.414. The maximum atomic E-state index is 13.6. The van der Waals surface area contributed by atoms with Crippen LogP contribution in [0.3, 0.4) is 0 Å². The van der Waals surface area contributed by atoms with Gasteiger partial charge in [0.15, 0.2) is 0 Å². The van der Waals surface area contributed by atoms with Crippen LogP contribution in [-0.2, 0) is 0 Å². The summed E-state index contributed by atoms with van der Waals surface area (Å²) in [6.45, 7) is 0. The Kier molecular flexibility index (Phi) is 3.37. The van der Waals surface area contributed by atoms with E-state index in [0.717, 1.165) is 12.1 Å². The Hall–Kier alpha value is -2.23. The number of benzene rings is 2. The lowest BCUT2D eigenvalue weighted by Gasteiger charge is -2.07. The second-order valence-electron chi connectivity index (χ2n) is 3.73. The Morgan fingerprint density at radius 3 is 2.56 bits per heavy atom. The molecule has 0 fully saturated rings. The first kappa shape index (κ1) is 12.2. The summed E-state index contributed by atoms with van der Waals surface area (Å²) < 4.78 is 31.4. The summed E-state index contributed by atoms with van der Waals surface area (Å²) >= 11 is 0. The van der Waals surface area contributed by atoms with Crippen LogP contribution in [0.15, 0.2) is 42.5 Å². The van der Waals surface area contributed by atoms with Gasteiger partial charge >= 0.3 is 0 Å². The molecular formula is C14H11F2NO. The molecule has 2 aromatic carbocycles. The van der Waals surface area contributed by atoms with Crippen LogP contribution in [0.25, 0.3) is 0 Å². The van der Waals surface area contributed by atoms with Crippen LogP contribution in [0.1, 0.15) is 11.1 Å². The third-order valence-corrected chi connectivity index (χ3v) is 2.56. The number of halogens is 2. The van der Waals surface area contributed by atoms with Gasteiger partial charge in [0.25, 0.3) is 0 Å². The van der Waals surface area contributed by atoms with Crippen LogP contribution in [-0.4, -0.2) is 12.8 Å². The highest BCUT2D eigenvalue weighted by atomic mass is 19.1. The number of ether oxygens (including phenoxy) is 1. The topological polar surface area (TPSA) is 33.1 Å². The molecule has 0 saturated heterocycles. The van der Waals surface area contributed by atoms with Crippen molar-refractivity contribution in [2.45, 2.75) is 0 Å². The van der Waals surface area contributed by atoms with Crippen molar-refractivity contribution in [1.29, 1.82) is 5.41 Å². The van der Waals surface area contributed by atoms with Gasteiger partial charge in [0.2, 0.25) is 0 Å². The van der Waals surface area contributed by atoms with E-state index in [1.54, 1.807) is 24.3 Å². The molecule has 0 aliphatic heterocycles. The Morgan fingerprint density at radius 2 is 1.89 bits per heavy atom. The zero-order chi connectivity index (χ0) is 13.1. The quantitative estimate of drug-likeness (QED) is 0.828. The van der Waals surface area contributed by atoms with Crippen molar-refractivity contribution in [3.05, 3.63) is 65.2 Å². The van der Waals surface area contributed by atoms with Gasteiger partial charge in [-0.1, -0.05) is 12.1 Å². The Labute approximate surface area is 103 Å². The molecule has 0 aromatic heterocycles. The molecule has 0 atom stereocenters. The van der Waals surface area contributed by atoms with E-state index < -0.39 is 11.6 Å². The van der Waals surface area contributed by atoms with Crippen molar-refractivity contribution in [2.24, 2.45) is 0 Å². The molecule has 92 valence electrons. The van der Waals surface area contributed by atoms with Crippen LogP contribution in [0, 0.1) is 17.0 Å².